The van der Waals surface area contributed by atoms with Crippen molar-refractivity contribution in [2.24, 2.45) is 27.8 Å². The summed E-state index contributed by atoms with van der Waals surface area (Å²) in [6, 6.07) is 0. The highest BCUT2D eigenvalue weighted by molar-refractivity contribution is 5.88. The zero-order chi connectivity index (χ0) is 24.4. The molecule has 0 spiro atoms. The molecule has 0 aromatic carbocycles. The van der Waals surface area contributed by atoms with Crippen molar-refractivity contribution in [3.8, 4) is 0 Å². The third-order valence-corrected chi connectivity index (χ3v) is 8.44. The summed E-state index contributed by atoms with van der Waals surface area (Å²) in [5.41, 5.74) is 5.86. The molecule has 0 unspecified atom stereocenters. The number of allylic oxidation sites excluding steroid dienone is 5. The average Bonchev–Trinajstić information content (AvgIpc) is 3.09. The van der Waals surface area contributed by atoms with Crippen LogP contribution in [0.15, 0.2) is 52.3 Å². The zero-order valence-corrected chi connectivity index (χ0v) is 21.4. The fraction of sp³-hybridized carbons (Fsp3) is 0.690. The molecule has 0 amide bonds. The summed E-state index contributed by atoms with van der Waals surface area (Å²) in [5, 5.41) is 33.2. The first-order valence-electron chi connectivity index (χ1n) is 12.8. The lowest BCUT2D eigenvalue weighted by molar-refractivity contribution is 0.0862. The van der Waals surface area contributed by atoms with Gasteiger partial charge in [-0.15, -0.1) is 0 Å². The Balaban J connectivity index is 1.68. The van der Waals surface area contributed by atoms with Gasteiger partial charge < -0.3 is 15.4 Å². The second-order valence-corrected chi connectivity index (χ2v) is 11.9. The summed E-state index contributed by atoms with van der Waals surface area (Å²) in [4.78, 5) is 0. The molecule has 3 aliphatic carbocycles. The lowest BCUT2D eigenvalue weighted by Crippen LogP contribution is -2.32. The highest BCUT2D eigenvalue weighted by Gasteiger charge is 2.45. The number of rotatable bonds is 6. The predicted molar refractivity (Wildman–Crippen MR) is 136 cm³/mol. The maximum Gasteiger partial charge on any atom is 0.0811 e. The Morgan fingerprint density at radius 1 is 1.30 bits per heavy atom. The summed E-state index contributed by atoms with van der Waals surface area (Å²) in [6.07, 6.45) is 14.4. The van der Waals surface area contributed by atoms with Gasteiger partial charge in [0.05, 0.1) is 17.9 Å². The van der Waals surface area contributed by atoms with Crippen molar-refractivity contribution >= 4 is 5.71 Å². The van der Waals surface area contributed by atoms with Crippen LogP contribution in [0.3, 0.4) is 0 Å². The van der Waals surface area contributed by atoms with Crippen molar-refractivity contribution in [1.29, 1.82) is 0 Å². The number of nitrogens with zero attached hydrogens (tertiary/aromatic N) is 1. The number of aliphatic hydroxyl groups is 2. The zero-order valence-electron chi connectivity index (χ0n) is 21.4. The number of hydrogen-bond donors (Lipinski definition) is 3. The van der Waals surface area contributed by atoms with Gasteiger partial charge in [-0.2, -0.15) is 0 Å². The topological polar surface area (TPSA) is 73.1 Å². The summed E-state index contributed by atoms with van der Waals surface area (Å²) in [5.74, 6) is 1.07. The van der Waals surface area contributed by atoms with Gasteiger partial charge in [0.25, 0.3) is 0 Å². The molecule has 5 atom stereocenters. The van der Waals surface area contributed by atoms with Gasteiger partial charge in [0, 0.05) is 11.8 Å². The van der Waals surface area contributed by atoms with Gasteiger partial charge in [-0.05, 0) is 79.8 Å². The Hall–Kier alpha value is -1.65. The van der Waals surface area contributed by atoms with Crippen molar-refractivity contribution in [3.05, 3.63) is 47.1 Å². The van der Waals surface area contributed by atoms with E-state index in [1.807, 2.05) is 0 Å². The Morgan fingerprint density at radius 2 is 2.03 bits per heavy atom. The summed E-state index contributed by atoms with van der Waals surface area (Å²) >= 11 is 0. The standard InChI is InChI=1S/C29H45NO3/c1-19(9-7-11-27(30-33)28(3,4)5)24-14-15-25-21(10-8-16-29(24,25)6)12-13-22-17-23(31)18-26(32)20(22)2/h12-14,19,23,25-26,31-33H,2,7-11,15-18H2,1,3-6H3/b21-12+,22-13-,30-27+/t19-,23+,25+,26-,29-/m1/s1. The first kappa shape index (κ1) is 26.0. The maximum absolute atomic E-state index is 10.2. The number of hydrogen-bond acceptors (Lipinski definition) is 4. The molecule has 33 heavy (non-hydrogen) atoms. The van der Waals surface area contributed by atoms with E-state index >= 15 is 0 Å². The molecule has 2 fully saturated rings. The fourth-order valence-electron chi connectivity index (χ4n) is 6.39. The minimum absolute atomic E-state index is 0.0883. The molecule has 0 aromatic rings. The molecule has 3 aliphatic rings. The van der Waals surface area contributed by atoms with E-state index in [1.165, 1.54) is 18.4 Å². The number of oxime groups is 1. The molecular weight excluding hydrogens is 410 g/mol. The monoisotopic (exact) mass is 455 g/mol. The molecule has 0 heterocycles. The van der Waals surface area contributed by atoms with Crippen LogP contribution >= 0.6 is 0 Å². The Morgan fingerprint density at radius 3 is 2.70 bits per heavy atom. The maximum atomic E-state index is 10.2. The van der Waals surface area contributed by atoms with Crippen LogP contribution in [0.25, 0.3) is 0 Å². The SMILES string of the molecule is C=C1/C(=C\C=C2/CCC[C@]3(C)C([C@H](C)CCC/C(=N\O)C(C)(C)C)=CC[C@@H]23)C[C@H](O)C[C@H]1O. The molecule has 0 aliphatic heterocycles. The molecule has 3 N–H and O–H groups in total. The molecule has 2 saturated carbocycles. The van der Waals surface area contributed by atoms with E-state index in [4.69, 9.17) is 0 Å². The second-order valence-electron chi connectivity index (χ2n) is 11.9. The van der Waals surface area contributed by atoms with Gasteiger partial charge in [-0.25, -0.2) is 0 Å². The number of aliphatic hydroxyl groups excluding tert-OH is 2. The molecular formula is C29H45NO3. The first-order valence-corrected chi connectivity index (χ1v) is 12.8. The average molecular weight is 456 g/mol. The highest BCUT2D eigenvalue weighted by atomic mass is 16.4. The van der Waals surface area contributed by atoms with Gasteiger partial charge >= 0.3 is 0 Å². The largest absolute Gasteiger partial charge is 0.411 e. The Bertz CT molecular complexity index is 857. The van der Waals surface area contributed by atoms with Crippen molar-refractivity contribution in [2.45, 2.75) is 105 Å². The van der Waals surface area contributed by atoms with Gasteiger partial charge in [-0.1, -0.05) is 75.7 Å². The number of fused-ring (bicyclic) bond motifs is 1. The van der Waals surface area contributed by atoms with Gasteiger partial charge in [-0.3, -0.25) is 0 Å². The van der Waals surface area contributed by atoms with E-state index in [1.54, 1.807) is 5.57 Å². The molecule has 4 heteroatoms. The lowest BCUT2D eigenvalue weighted by atomic mass is 9.62. The molecule has 3 rings (SSSR count). The summed E-state index contributed by atoms with van der Waals surface area (Å²) < 4.78 is 0. The Labute approximate surface area is 200 Å². The fourth-order valence-corrected chi connectivity index (χ4v) is 6.39. The molecule has 184 valence electrons. The van der Waals surface area contributed by atoms with Crippen molar-refractivity contribution in [1.82, 2.24) is 0 Å². The minimum atomic E-state index is -0.634. The van der Waals surface area contributed by atoms with Crippen LogP contribution in [0.5, 0.6) is 0 Å². The van der Waals surface area contributed by atoms with Crippen molar-refractivity contribution in [3.63, 3.8) is 0 Å². The Kier molecular flexibility index (Phi) is 8.11. The molecule has 0 aromatic heterocycles. The van der Waals surface area contributed by atoms with Crippen LogP contribution in [-0.2, 0) is 0 Å². The van der Waals surface area contributed by atoms with Crippen LogP contribution in [0, 0.1) is 22.7 Å². The summed E-state index contributed by atoms with van der Waals surface area (Å²) in [7, 11) is 0. The van der Waals surface area contributed by atoms with Crippen LogP contribution < -0.4 is 0 Å². The van der Waals surface area contributed by atoms with E-state index in [-0.39, 0.29) is 10.8 Å². The minimum Gasteiger partial charge on any atom is -0.411 e. The van der Waals surface area contributed by atoms with Gasteiger partial charge in [0.1, 0.15) is 0 Å². The molecule has 4 nitrogen and oxygen atoms in total. The van der Waals surface area contributed by atoms with E-state index in [0.717, 1.165) is 49.0 Å². The quantitative estimate of drug-likeness (QED) is 0.180. The van der Waals surface area contributed by atoms with Crippen molar-refractivity contribution < 1.29 is 15.4 Å². The highest BCUT2D eigenvalue weighted by Crippen LogP contribution is 2.57. The summed E-state index contributed by atoms with van der Waals surface area (Å²) in [6.45, 7) is 15.2. The molecule has 0 saturated heterocycles. The van der Waals surface area contributed by atoms with E-state index < -0.39 is 12.2 Å². The van der Waals surface area contributed by atoms with Crippen LogP contribution in [-0.4, -0.2) is 33.3 Å². The third-order valence-electron chi connectivity index (χ3n) is 8.44. The smallest absolute Gasteiger partial charge is 0.0811 e. The molecule has 0 bridgehead atoms. The van der Waals surface area contributed by atoms with Gasteiger partial charge in [0.15, 0.2) is 0 Å². The van der Waals surface area contributed by atoms with Gasteiger partial charge in [0.2, 0.25) is 0 Å². The van der Waals surface area contributed by atoms with Crippen LogP contribution in [0.1, 0.15) is 92.4 Å². The second kappa shape index (κ2) is 10.3. The van der Waals surface area contributed by atoms with Crippen LogP contribution in [0.2, 0.25) is 0 Å². The van der Waals surface area contributed by atoms with Crippen molar-refractivity contribution in [2.75, 3.05) is 0 Å². The predicted octanol–water partition coefficient (Wildman–Crippen LogP) is 6.73. The third kappa shape index (κ3) is 5.71. The normalized spacial score (nSPS) is 34.5. The molecule has 0 radical (unpaired) electrons. The van der Waals surface area contributed by atoms with Crippen LogP contribution in [0.4, 0.5) is 0 Å². The first-order chi connectivity index (χ1) is 15.5. The van der Waals surface area contributed by atoms with E-state index in [0.29, 0.717) is 24.7 Å². The van der Waals surface area contributed by atoms with E-state index in [2.05, 4.69) is 64.6 Å². The van der Waals surface area contributed by atoms with E-state index in [9.17, 15) is 15.4 Å². The lowest BCUT2D eigenvalue weighted by Gasteiger charge is -2.42.